The van der Waals surface area contributed by atoms with Gasteiger partial charge in [-0.25, -0.2) is 19.2 Å². The molecule has 2 N–H and O–H groups in total. The molecule has 0 radical (unpaired) electrons. The lowest BCUT2D eigenvalue weighted by Crippen LogP contribution is -2.08. The lowest BCUT2D eigenvalue weighted by atomic mass is 10.0. The van der Waals surface area contributed by atoms with Crippen molar-refractivity contribution < 1.29 is 19.0 Å². The maximum Gasteiger partial charge on any atom is 0.339 e. The van der Waals surface area contributed by atoms with Crippen molar-refractivity contribution >= 4 is 38.5 Å². The van der Waals surface area contributed by atoms with E-state index in [0.29, 0.717) is 42.2 Å². The van der Waals surface area contributed by atoms with E-state index >= 15 is 0 Å². The molecule has 1 aromatic heterocycles. The van der Waals surface area contributed by atoms with E-state index < -0.39 is 5.97 Å². The summed E-state index contributed by atoms with van der Waals surface area (Å²) in [6, 6.07) is 15.6. The third-order valence-electron chi connectivity index (χ3n) is 5.21. The Kier molecular flexibility index (Phi) is 6.84. The quantitative estimate of drug-likeness (QED) is 0.305. The molecule has 0 amide bonds. The first-order valence-electron chi connectivity index (χ1n) is 10.4. The summed E-state index contributed by atoms with van der Waals surface area (Å²) < 4.78 is 20.5. The molecule has 8 heteroatoms. The average Bonchev–Trinajstić information content (AvgIpc) is 2.81. The number of carboxylic acids is 1. The van der Waals surface area contributed by atoms with Crippen LogP contribution in [0.15, 0.2) is 65.4 Å². The summed E-state index contributed by atoms with van der Waals surface area (Å²) in [5, 5.41) is 14.1. The largest absolute Gasteiger partial charge is 0.493 e. The van der Waals surface area contributed by atoms with Crippen LogP contribution in [0.2, 0.25) is 0 Å². The fraction of sp³-hybridized carbons (Fsp3) is 0.160. The molecule has 0 fully saturated rings. The highest BCUT2D eigenvalue weighted by Gasteiger charge is 2.14. The van der Waals surface area contributed by atoms with Crippen LogP contribution >= 0.6 is 15.9 Å². The van der Waals surface area contributed by atoms with Crippen LogP contribution < -0.4 is 10.1 Å². The van der Waals surface area contributed by atoms with Crippen molar-refractivity contribution in [3.63, 3.8) is 0 Å². The van der Waals surface area contributed by atoms with Crippen LogP contribution in [-0.4, -0.2) is 34.2 Å². The summed E-state index contributed by atoms with van der Waals surface area (Å²) in [6.45, 7) is 2.73. The minimum absolute atomic E-state index is 0.102. The molecule has 0 saturated carbocycles. The van der Waals surface area contributed by atoms with Crippen LogP contribution in [-0.2, 0) is 6.42 Å². The smallest absolute Gasteiger partial charge is 0.339 e. The Balaban J connectivity index is 1.53. The molecule has 0 bridgehead atoms. The molecular weight excluding hydrogens is 489 g/mol. The first-order valence-corrected chi connectivity index (χ1v) is 11.2. The second-order valence-electron chi connectivity index (χ2n) is 7.28. The fourth-order valence-corrected chi connectivity index (χ4v) is 4.29. The summed E-state index contributed by atoms with van der Waals surface area (Å²) in [6.07, 6.45) is 2.11. The average molecular weight is 510 g/mol. The van der Waals surface area contributed by atoms with E-state index in [2.05, 4.69) is 31.2 Å². The number of hydrogen-bond acceptors (Lipinski definition) is 5. The maximum absolute atomic E-state index is 14.3. The number of nitrogens with one attached hydrogen (secondary N) is 1. The van der Waals surface area contributed by atoms with Gasteiger partial charge in [0.1, 0.15) is 29.3 Å². The second-order valence-corrected chi connectivity index (χ2v) is 8.13. The number of carboxylic acid groups (broad SMARTS) is 1. The lowest BCUT2D eigenvalue weighted by Gasteiger charge is -2.12. The number of hydrogen-bond donors (Lipinski definition) is 2. The van der Waals surface area contributed by atoms with Gasteiger partial charge in [0, 0.05) is 28.0 Å². The first kappa shape index (κ1) is 22.7. The SMILES string of the molecule is CCOc1cc(-c2cc(NCCc3c(Br)cc(F)c4ccccc34)ncn2)ccc1C(=O)O. The van der Waals surface area contributed by atoms with E-state index in [9.17, 15) is 14.3 Å². The molecular formula is C25H21BrFN3O3. The number of halogens is 2. The van der Waals surface area contributed by atoms with Gasteiger partial charge in [0.2, 0.25) is 0 Å². The number of ether oxygens (including phenoxy) is 1. The van der Waals surface area contributed by atoms with Crippen molar-refractivity contribution in [3.8, 4) is 17.0 Å². The second kappa shape index (κ2) is 9.95. The molecule has 0 atom stereocenters. The zero-order chi connectivity index (χ0) is 23.4. The number of aromatic carboxylic acids is 1. The monoisotopic (exact) mass is 509 g/mol. The molecule has 1 heterocycles. The molecule has 0 unspecified atom stereocenters. The third kappa shape index (κ3) is 4.96. The summed E-state index contributed by atoms with van der Waals surface area (Å²) in [7, 11) is 0. The van der Waals surface area contributed by atoms with Crippen molar-refractivity contribution in [1.82, 2.24) is 9.97 Å². The number of benzene rings is 3. The fourth-order valence-electron chi connectivity index (χ4n) is 3.67. The summed E-state index contributed by atoms with van der Waals surface area (Å²) in [4.78, 5) is 20.0. The van der Waals surface area contributed by atoms with Gasteiger partial charge in [0.25, 0.3) is 0 Å². The Morgan fingerprint density at radius 2 is 1.91 bits per heavy atom. The molecule has 4 aromatic rings. The Hall–Kier alpha value is -3.52. The first-order chi connectivity index (χ1) is 16.0. The van der Waals surface area contributed by atoms with E-state index in [1.807, 2.05) is 18.2 Å². The summed E-state index contributed by atoms with van der Waals surface area (Å²) in [5.41, 5.74) is 2.48. The molecule has 0 aliphatic carbocycles. The molecule has 3 aromatic carbocycles. The van der Waals surface area contributed by atoms with Gasteiger partial charge in [-0.15, -0.1) is 0 Å². The van der Waals surface area contributed by atoms with Crippen molar-refractivity contribution in [2.45, 2.75) is 13.3 Å². The van der Waals surface area contributed by atoms with E-state index in [-0.39, 0.29) is 11.4 Å². The van der Waals surface area contributed by atoms with Gasteiger partial charge in [-0.05, 0) is 42.5 Å². The molecule has 168 valence electrons. The van der Waals surface area contributed by atoms with Crippen molar-refractivity contribution in [3.05, 3.63) is 82.3 Å². The molecule has 0 aliphatic heterocycles. The Morgan fingerprint density at radius 1 is 1.12 bits per heavy atom. The number of fused-ring (bicyclic) bond motifs is 1. The Bertz CT molecular complexity index is 1330. The standard InChI is InChI=1S/C25H21BrFN3O3/c1-2-33-23-11-15(7-8-19(23)25(31)32)22-13-24(30-14-29-22)28-10-9-17-16-5-3-4-6-18(16)21(27)12-20(17)26/h3-8,11-14H,2,9-10H2,1H3,(H,31,32)(H,28,29,30). The van der Waals surface area contributed by atoms with Gasteiger partial charge >= 0.3 is 5.97 Å². The minimum Gasteiger partial charge on any atom is -0.493 e. The highest BCUT2D eigenvalue weighted by atomic mass is 79.9. The number of rotatable bonds is 8. The zero-order valence-corrected chi connectivity index (χ0v) is 19.4. The lowest BCUT2D eigenvalue weighted by molar-refractivity contribution is 0.0692. The summed E-state index contributed by atoms with van der Waals surface area (Å²) >= 11 is 3.49. The van der Waals surface area contributed by atoms with Gasteiger partial charge in [-0.2, -0.15) is 0 Å². The molecule has 0 saturated heterocycles. The molecule has 0 spiro atoms. The number of nitrogens with zero attached hydrogens (tertiary/aromatic N) is 2. The maximum atomic E-state index is 14.3. The van der Waals surface area contributed by atoms with Crippen molar-refractivity contribution in [1.29, 1.82) is 0 Å². The minimum atomic E-state index is -1.05. The molecule has 4 rings (SSSR count). The van der Waals surface area contributed by atoms with Gasteiger partial charge in [0.05, 0.1) is 12.3 Å². The zero-order valence-electron chi connectivity index (χ0n) is 17.8. The van der Waals surface area contributed by atoms with Gasteiger partial charge < -0.3 is 15.2 Å². The molecule has 0 aliphatic rings. The van der Waals surface area contributed by atoms with E-state index in [0.717, 1.165) is 21.0 Å². The van der Waals surface area contributed by atoms with Crippen LogP contribution in [0.1, 0.15) is 22.8 Å². The van der Waals surface area contributed by atoms with Crippen LogP contribution in [0.3, 0.4) is 0 Å². The Morgan fingerprint density at radius 3 is 2.67 bits per heavy atom. The van der Waals surface area contributed by atoms with Gasteiger partial charge in [-0.1, -0.05) is 46.3 Å². The number of carbonyl (C=O) groups is 1. The van der Waals surface area contributed by atoms with Gasteiger partial charge in [-0.3, -0.25) is 0 Å². The van der Waals surface area contributed by atoms with Gasteiger partial charge in [0.15, 0.2) is 0 Å². The topological polar surface area (TPSA) is 84.3 Å². The van der Waals surface area contributed by atoms with E-state index in [1.165, 1.54) is 18.5 Å². The van der Waals surface area contributed by atoms with Crippen molar-refractivity contribution in [2.75, 3.05) is 18.5 Å². The van der Waals surface area contributed by atoms with Crippen LogP contribution in [0, 0.1) is 5.82 Å². The molecule has 6 nitrogen and oxygen atoms in total. The predicted molar refractivity (Wildman–Crippen MR) is 129 cm³/mol. The highest BCUT2D eigenvalue weighted by Crippen LogP contribution is 2.30. The number of aromatic nitrogens is 2. The molecule has 33 heavy (non-hydrogen) atoms. The van der Waals surface area contributed by atoms with Crippen LogP contribution in [0.4, 0.5) is 10.2 Å². The normalized spacial score (nSPS) is 10.9. The third-order valence-corrected chi connectivity index (χ3v) is 5.91. The predicted octanol–water partition coefficient (Wildman–Crippen LogP) is 5.95. The Labute approximate surface area is 198 Å². The van der Waals surface area contributed by atoms with Crippen molar-refractivity contribution in [2.24, 2.45) is 0 Å². The van der Waals surface area contributed by atoms with E-state index in [4.69, 9.17) is 4.74 Å². The summed E-state index contributed by atoms with van der Waals surface area (Å²) in [5.74, 6) is -0.379. The number of anilines is 1. The van der Waals surface area contributed by atoms with Crippen LogP contribution in [0.25, 0.3) is 22.0 Å². The highest BCUT2D eigenvalue weighted by molar-refractivity contribution is 9.10. The van der Waals surface area contributed by atoms with Crippen LogP contribution in [0.5, 0.6) is 5.75 Å². The van der Waals surface area contributed by atoms with E-state index in [1.54, 1.807) is 31.2 Å².